The summed E-state index contributed by atoms with van der Waals surface area (Å²) in [6.07, 6.45) is 3.03. The minimum atomic E-state index is 0.611. The molecule has 0 aliphatic heterocycles. The molecule has 1 aromatic carbocycles. The number of benzene rings is 1. The third-order valence-corrected chi connectivity index (χ3v) is 3.10. The lowest BCUT2D eigenvalue weighted by atomic mass is 10.1. The Hall–Kier alpha value is -1.58. The molecule has 0 atom stereocenters. The van der Waals surface area contributed by atoms with E-state index in [2.05, 4.69) is 47.3 Å². The minimum absolute atomic E-state index is 0.611. The van der Waals surface area contributed by atoms with Crippen LogP contribution in [0.15, 0.2) is 42.6 Å². The predicted molar refractivity (Wildman–Crippen MR) is 75.2 cm³/mol. The zero-order valence-corrected chi connectivity index (χ0v) is 10.9. The molecule has 0 fully saturated rings. The summed E-state index contributed by atoms with van der Waals surface area (Å²) in [5, 5.41) is 0. The van der Waals surface area contributed by atoms with Crippen LogP contribution in [0.4, 0.5) is 0 Å². The Bertz CT molecular complexity index is 462. The van der Waals surface area contributed by atoms with Crippen molar-refractivity contribution >= 4 is 0 Å². The number of H-pyrrole nitrogens is 1. The van der Waals surface area contributed by atoms with Crippen molar-refractivity contribution in [2.24, 2.45) is 5.73 Å². The van der Waals surface area contributed by atoms with Gasteiger partial charge < -0.3 is 15.6 Å². The average molecular weight is 243 g/mol. The van der Waals surface area contributed by atoms with Gasteiger partial charge in [-0.15, -0.1) is 0 Å². The van der Waals surface area contributed by atoms with E-state index in [4.69, 9.17) is 5.73 Å². The molecule has 2 rings (SSSR count). The van der Waals surface area contributed by atoms with Crippen LogP contribution in [0, 0.1) is 0 Å². The summed E-state index contributed by atoms with van der Waals surface area (Å²) in [5.74, 6) is 0. The van der Waals surface area contributed by atoms with Gasteiger partial charge in [0.2, 0.25) is 0 Å². The highest BCUT2D eigenvalue weighted by Crippen LogP contribution is 2.07. The highest BCUT2D eigenvalue weighted by atomic mass is 15.1. The Morgan fingerprint density at radius 3 is 2.72 bits per heavy atom. The average Bonchev–Trinajstić information content (AvgIpc) is 2.90. The van der Waals surface area contributed by atoms with Crippen LogP contribution in [0.3, 0.4) is 0 Å². The number of rotatable bonds is 6. The van der Waals surface area contributed by atoms with Crippen molar-refractivity contribution in [2.45, 2.75) is 19.5 Å². The molecule has 3 heteroatoms. The van der Waals surface area contributed by atoms with Crippen LogP contribution in [0.5, 0.6) is 0 Å². The van der Waals surface area contributed by atoms with Crippen LogP contribution >= 0.6 is 0 Å². The van der Waals surface area contributed by atoms with Crippen molar-refractivity contribution in [2.75, 3.05) is 13.6 Å². The number of likely N-dealkylation sites (N-methyl/N-ethyl adjacent to an activating group) is 1. The molecule has 1 heterocycles. The standard InChI is InChI=1S/C15H21N3/c1-18(9-7-15-6-3-8-17-15)12-14-5-2-4-13(10-14)11-16/h2-6,8,10,17H,7,9,11-12,16H2,1H3. The molecule has 0 amide bonds. The number of nitrogens with zero attached hydrogens (tertiary/aromatic N) is 1. The molecule has 0 radical (unpaired) electrons. The van der Waals surface area contributed by atoms with Gasteiger partial charge in [0.1, 0.15) is 0 Å². The quantitative estimate of drug-likeness (QED) is 0.816. The van der Waals surface area contributed by atoms with E-state index in [0.29, 0.717) is 6.54 Å². The molecule has 0 unspecified atom stereocenters. The lowest BCUT2D eigenvalue weighted by Crippen LogP contribution is -2.21. The maximum Gasteiger partial charge on any atom is 0.0230 e. The number of nitrogens with two attached hydrogens (primary N) is 1. The van der Waals surface area contributed by atoms with Gasteiger partial charge in [-0.05, 0) is 30.3 Å². The molecular formula is C15H21N3. The topological polar surface area (TPSA) is 45.0 Å². The fourth-order valence-electron chi connectivity index (χ4n) is 2.08. The van der Waals surface area contributed by atoms with Crippen LogP contribution in [0.25, 0.3) is 0 Å². The van der Waals surface area contributed by atoms with Gasteiger partial charge in [0, 0.05) is 37.9 Å². The van der Waals surface area contributed by atoms with E-state index in [1.54, 1.807) is 0 Å². The first-order valence-electron chi connectivity index (χ1n) is 6.36. The third-order valence-electron chi connectivity index (χ3n) is 3.10. The molecule has 1 aromatic heterocycles. The molecule has 0 aliphatic carbocycles. The maximum atomic E-state index is 5.65. The van der Waals surface area contributed by atoms with Crippen LogP contribution in [0.1, 0.15) is 16.8 Å². The largest absolute Gasteiger partial charge is 0.365 e. The van der Waals surface area contributed by atoms with Crippen LogP contribution in [0.2, 0.25) is 0 Å². The lowest BCUT2D eigenvalue weighted by molar-refractivity contribution is 0.330. The molecule has 0 saturated carbocycles. The van der Waals surface area contributed by atoms with Crippen LogP contribution in [-0.4, -0.2) is 23.5 Å². The van der Waals surface area contributed by atoms with E-state index in [1.807, 2.05) is 12.3 Å². The van der Waals surface area contributed by atoms with Crippen molar-refractivity contribution in [3.05, 3.63) is 59.4 Å². The number of aromatic nitrogens is 1. The van der Waals surface area contributed by atoms with Gasteiger partial charge >= 0.3 is 0 Å². The van der Waals surface area contributed by atoms with Gasteiger partial charge in [-0.2, -0.15) is 0 Å². The minimum Gasteiger partial charge on any atom is -0.365 e. The third kappa shape index (κ3) is 3.72. The Morgan fingerprint density at radius 1 is 1.17 bits per heavy atom. The summed E-state index contributed by atoms with van der Waals surface area (Å²) in [6, 6.07) is 12.7. The molecule has 0 saturated heterocycles. The first-order chi connectivity index (χ1) is 8.78. The fraction of sp³-hybridized carbons (Fsp3) is 0.333. The zero-order chi connectivity index (χ0) is 12.8. The van der Waals surface area contributed by atoms with E-state index in [-0.39, 0.29) is 0 Å². The van der Waals surface area contributed by atoms with Gasteiger partial charge in [0.25, 0.3) is 0 Å². The first kappa shape index (κ1) is 12.9. The molecule has 96 valence electrons. The van der Waals surface area contributed by atoms with Crippen molar-refractivity contribution in [1.82, 2.24) is 9.88 Å². The van der Waals surface area contributed by atoms with Crippen molar-refractivity contribution < 1.29 is 0 Å². The highest BCUT2D eigenvalue weighted by Gasteiger charge is 2.02. The molecule has 3 N–H and O–H groups in total. The Labute approximate surface area is 109 Å². The number of hydrogen-bond acceptors (Lipinski definition) is 2. The number of aromatic amines is 1. The van der Waals surface area contributed by atoms with Crippen molar-refractivity contribution in [1.29, 1.82) is 0 Å². The van der Waals surface area contributed by atoms with Crippen molar-refractivity contribution in [3.63, 3.8) is 0 Å². The summed E-state index contributed by atoms with van der Waals surface area (Å²) in [6.45, 7) is 2.63. The Morgan fingerprint density at radius 2 is 2.00 bits per heavy atom. The molecule has 2 aromatic rings. The monoisotopic (exact) mass is 243 g/mol. The van der Waals surface area contributed by atoms with E-state index < -0.39 is 0 Å². The summed E-state index contributed by atoms with van der Waals surface area (Å²) >= 11 is 0. The van der Waals surface area contributed by atoms with Crippen LogP contribution in [-0.2, 0) is 19.5 Å². The molecule has 3 nitrogen and oxygen atoms in total. The summed E-state index contributed by atoms with van der Waals surface area (Å²) < 4.78 is 0. The van der Waals surface area contributed by atoms with Crippen molar-refractivity contribution in [3.8, 4) is 0 Å². The second-order valence-electron chi connectivity index (χ2n) is 4.71. The molecule has 0 bridgehead atoms. The fourth-order valence-corrected chi connectivity index (χ4v) is 2.08. The number of hydrogen-bond donors (Lipinski definition) is 2. The lowest BCUT2D eigenvalue weighted by Gasteiger charge is -2.16. The van der Waals surface area contributed by atoms with E-state index in [0.717, 1.165) is 19.5 Å². The Kier molecular flexibility index (Phi) is 4.56. The van der Waals surface area contributed by atoms with E-state index in [9.17, 15) is 0 Å². The SMILES string of the molecule is CN(CCc1ccc[nH]1)Cc1cccc(CN)c1. The van der Waals surface area contributed by atoms with Crippen LogP contribution < -0.4 is 5.73 Å². The second kappa shape index (κ2) is 6.38. The van der Waals surface area contributed by atoms with E-state index >= 15 is 0 Å². The zero-order valence-electron chi connectivity index (χ0n) is 10.9. The van der Waals surface area contributed by atoms with E-state index in [1.165, 1.54) is 16.8 Å². The van der Waals surface area contributed by atoms with Gasteiger partial charge in [-0.3, -0.25) is 0 Å². The second-order valence-corrected chi connectivity index (χ2v) is 4.71. The normalized spacial score (nSPS) is 11.1. The molecular weight excluding hydrogens is 222 g/mol. The van der Waals surface area contributed by atoms with Gasteiger partial charge in [0.15, 0.2) is 0 Å². The summed E-state index contributed by atoms with van der Waals surface area (Å²) in [5.41, 5.74) is 9.47. The van der Waals surface area contributed by atoms with Gasteiger partial charge in [0.05, 0.1) is 0 Å². The summed E-state index contributed by atoms with van der Waals surface area (Å²) in [7, 11) is 2.15. The number of nitrogens with one attached hydrogen (secondary N) is 1. The predicted octanol–water partition coefficient (Wildman–Crippen LogP) is 2.15. The highest BCUT2D eigenvalue weighted by molar-refractivity contribution is 5.23. The molecule has 18 heavy (non-hydrogen) atoms. The maximum absolute atomic E-state index is 5.65. The first-order valence-corrected chi connectivity index (χ1v) is 6.36. The molecule has 0 aliphatic rings. The Balaban J connectivity index is 1.84. The molecule has 0 spiro atoms. The smallest absolute Gasteiger partial charge is 0.0230 e. The van der Waals surface area contributed by atoms with Gasteiger partial charge in [-0.25, -0.2) is 0 Å². The van der Waals surface area contributed by atoms with Gasteiger partial charge in [-0.1, -0.05) is 24.3 Å². The summed E-state index contributed by atoms with van der Waals surface area (Å²) in [4.78, 5) is 5.56.